The van der Waals surface area contributed by atoms with Gasteiger partial charge in [0.05, 0.1) is 6.54 Å². The Labute approximate surface area is 97.3 Å². The van der Waals surface area contributed by atoms with E-state index in [-0.39, 0.29) is 5.92 Å². The molecule has 1 aliphatic rings. The van der Waals surface area contributed by atoms with E-state index in [9.17, 15) is 4.79 Å². The van der Waals surface area contributed by atoms with E-state index in [4.69, 9.17) is 0 Å². The third-order valence-electron chi connectivity index (χ3n) is 3.46. The van der Waals surface area contributed by atoms with Crippen molar-refractivity contribution in [2.24, 2.45) is 5.92 Å². The first kappa shape index (κ1) is 11.3. The number of nitrogens with zero attached hydrogens (tertiary/aromatic N) is 1. The van der Waals surface area contributed by atoms with Crippen molar-refractivity contribution >= 4 is 5.78 Å². The van der Waals surface area contributed by atoms with Gasteiger partial charge in [0.2, 0.25) is 0 Å². The second-order valence-corrected chi connectivity index (χ2v) is 4.84. The number of Topliss-reactive ketones (excluding diaryl/α,β-unsaturated/α-hetero) is 1. The first-order valence-electron chi connectivity index (χ1n) is 5.97. The molecule has 1 aromatic rings. The fourth-order valence-electron chi connectivity index (χ4n) is 2.33. The smallest absolute Gasteiger partial charge is 0.149 e. The first-order chi connectivity index (χ1) is 7.66. The fourth-order valence-corrected chi connectivity index (χ4v) is 2.33. The third-order valence-corrected chi connectivity index (χ3v) is 3.46. The van der Waals surface area contributed by atoms with Crippen LogP contribution in [0, 0.1) is 5.92 Å². The summed E-state index contributed by atoms with van der Waals surface area (Å²) in [6.45, 7) is 5.75. The van der Waals surface area contributed by atoms with Crippen molar-refractivity contribution in [3.8, 4) is 0 Å². The van der Waals surface area contributed by atoms with Crippen LogP contribution in [0.1, 0.15) is 25.8 Å². The number of likely N-dealkylation sites (tertiary alicyclic amines) is 1. The van der Waals surface area contributed by atoms with Gasteiger partial charge in [0.25, 0.3) is 0 Å². The molecule has 0 N–H and O–H groups in total. The number of benzene rings is 1. The molecule has 2 atom stereocenters. The zero-order valence-corrected chi connectivity index (χ0v) is 10.0. The van der Waals surface area contributed by atoms with Gasteiger partial charge in [0.1, 0.15) is 5.78 Å². The molecular weight excluding hydrogens is 198 g/mol. The topological polar surface area (TPSA) is 20.3 Å². The number of hydrogen-bond acceptors (Lipinski definition) is 2. The second-order valence-electron chi connectivity index (χ2n) is 4.84. The molecular formula is C14H19NO. The first-order valence-corrected chi connectivity index (χ1v) is 5.97. The average molecular weight is 217 g/mol. The molecule has 1 saturated heterocycles. The lowest BCUT2D eigenvalue weighted by Gasteiger charge is -2.35. The minimum Gasteiger partial charge on any atom is -0.298 e. The van der Waals surface area contributed by atoms with Crippen molar-refractivity contribution < 1.29 is 4.79 Å². The molecule has 2 rings (SSSR count). The van der Waals surface area contributed by atoms with E-state index in [2.05, 4.69) is 24.0 Å². The Morgan fingerprint density at radius 3 is 2.62 bits per heavy atom. The van der Waals surface area contributed by atoms with Crippen LogP contribution in [0.4, 0.5) is 0 Å². The van der Waals surface area contributed by atoms with Gasteiger partial charge in [-0.1, -0.05) is 37.3 Å². The van der Waals surface area contributed by atoms with Crippen LogP contribution in [0.15, 0.2) is 30.3 Å². The second kappa shape index (κ2) is 4.79. The molecule has 1 aromatic carbocycles. The van der Waals surface area contributed by atoms with Gasteiger partial charge in [-0.05, 0) is 18.9 Å². The van der Waals surface area contributed by atoms with Crippen molar-refractivity contribution in [1.29, 1.82) is 0 Å². The lowest BCUT2D eigenvalue weighted by molar-refractivity contribution is -0.128. The molecule has 0 aromatic heterocycles. The summed E-state index contributed by atoms with van der Waals surface area (Å²) < 4.78 is 0. The van der Waals surface area contributed by atoms with Crippen molar-refractivity contribution in [2.45, 2.75) is 32.9 Å². The molecule has 2 nitrogen and oxygen atoms in total. The predicted molar refractivity (Wildman–Crippen MR) is 65.1 cm³/mol. The van der Waals surface area contributed by atoms with Crippen molar-refractivity contribution in [1.82, 2.24) is 4.90 Å². The quantitative estimate of drug-likeness (QED) is 0.758. The largest absolute Gasteiger partial charge is 0.298 e. The molecule has 86 valence electrons. The molecule has 1 heterocycles. The summed E-state index contributed by atoms with van der Waals surface area (Å²) in [7, 11) is 0. The summed E-state index contributed by atoms with van der Waals surface area (Å²) in [4.78, 5) is 14.0. The summed E-state index contributed by atoms with van der Waals surface area (Å²) in [5.74, 6) is 0.621. The van der Waals surface area contributed by atoms with Crippen molar-refractivity contribution in [3.63, 3.8) is 0 Å². The fraction of sp³-hybridized carbons (Fsp3) is 0.500. The van der Waals surface area contributed by atoms with E-state index in [0.717, 1.165) is 13.0 Å². The third kappa shape index (κ3) is 2.50. The number of carbonyl (C=O) groups is 1. The highest BCUT2D eigenvalue weighted by atomic mass is 16.1. The zero-order chi connectivity index (χ0) is 11.5. The van der Waals surface area contributed by atoms with Crippen LogP contribution in [-0.4, -0.2) is 23.3 Å². The molecule has 16 heavy (non-hydrogen) atoms. The summed E-state index contributed by atoms with van der Waals surface area (Å²) >= 11 is 0. The van der Waals surface area contributed by atoms with Crippen LogP contribution in [-0.2, 0) is 11.3 Å². The van der Waals surface area contributed by atoms with Gasteiger partial charge >= 0.3 is 0 Å². The highest BCUT2D eigenvalue weighted by molar-refractivity contribution is 5.83. The maximum Gasteiger partial charge on any atom is 0.149 e. The minimum atomic E-state index is 0.238. The van der Waals surface area contributed by atoms with E-state index < -0.39 is 0 Å². The Balaban J connectivity index is 2.02. The molecule has 0 bridgehead atoms. The van der Waals surface area contributed by atoms with Gasteiger partial charge in [0, 0.05) is 18.5 Å². The van der Waals surface area contributed by atoms with Gasteiger partial charge in [-0.15, -0.1) is 0 Å². The highest BCUT2D eigenvalue weighted by Gasteiger charge is 2.28. The van der Waals surface area contributed by atoms with Crippen LogP contribution in [0.3, 0.4) is 0 Å². The van der Waals surface area contributed by atoms with Crippen molar-refractivity contribution in [3.05, 3.63) is 35.9 Å². The van der Waals surface area contributed by atoms with Gasteiger partial charge < -0.3 is 0 Å². The van der Waals surface area contributed by atoms with E-state index in [1.54, 1.807) is 0 Å². The molecule has 2 heteroatoms. The normalized spacial score (nSPS) is 27.0. The molecule has 0 unspecified atom stereocenters. The van der Waals surface area contributed by atoms with Crippen LogP contribution in [0.25, 0.3) is 0 Å². The number of piperidine rings is 1. The predicted octanol–water partition coefficient (Wildman–Crippen LogP) is 2.49. The standard InChI is InChI=1S/C14H19NO/c1-11-8-12(2)15(10-14(11)16)9-13-6-4-3-5-7-13/h3-7,11-12H,8-10H2,1-2H3/t11-,12-/m1/s1. The van der Waals surface area contributed by atoms with Crippen LogP contribution in [0.5, 0.6) is 0 Å². The highest BCUT2D eigenvalue weighted by Crippen LogP contribution is 2.21. The maximum atomic E-state index is 11.7. The zero-order valence-electron chi connectivity index (χ0n) is 10.0. The van der Waals surface area contributed by atoms with Gasteiger partial charge in [-0.2, -0.15) is 0 Å². The van der Waals surface area contributed by atoms with Crippen LogP contribution >= 0.6 is 0 Å². The molecule has 0 saturated carbocycles. The Hall–Kier alpha value is -1.15. The van der Waals surface area contributed by atoms with Crippen molar-refractivity contribution in [2.75, 3.05) is 6.54 Å². The summed E-state index contributed by atoms with van der Waals surface area (Å²) in [5.41, 5.74) is 1.29. The number of hydrogen-bond donors (Lipinski definition) is 0. The van der Waals surface area contributed by atoms with Gasteiger partial charge in [0.15, 0.2) is 0 Å². The molecule has 0 radical (unpaired) electrons. The maximum absolute atomic E-state index is 11.7. The summed E-state index contributed by atoms with van der Waals surface area (Å²) in [6, 6.07) is 10.9. The summed E-state index contributed by atoms with van der Waals surface area (Å²) in [5, 5.41) is 0. The van der Waals surface area contributed by atoms with E-state index in [0.29, 0.717) is 18.4 Å². The Morgan fingerprint density at radius 2 is 1.94 bits per heavy atom. The van der Waals surface area contributed by atoms with Gasteiger partial charge in [-0.3, -0.25) is 9.69 Å². The number of rotatable bonds is 2. The Bertz CT molecular complexity index is 360. The molecule has 0 amide bonds. The number of carbonyl (C=O) groups excluding carboxylic acids is 1. The van der Waals surface area contributed by atoms with E-state index >= 15 is 0 Å². The van der Waals surface area contributed by atoms with Crippen LogP contribution < -0.4 is 0 Å². The Kier molecular flexibility index (Phi) is 3.39. The minimum absolute atomic E-state index is 0.238. The average Bonchev–Trinajstić information content (AvgIpc) is 2.27. The van der Waals surface area contributed by atoms with Gasteiger partial charge in [-0.25, -0.2) is 0 Å². The molecule has 1 aliphatic heterocycles. The van der Waals surface area contributed by atoms with E-state index in [1.165, 1.54) is 5.56 Å². The molecule has 1 fully saturated rings. The lowest BCUT2D eigenvalue weighted by Crippen LogP contribution is -2.45. The number of ketones is 1. The monoisotopic (exact) mass is 217 g/mol. The summed E-state index contributed by atoms with van der Waals surface area (Å²) in [6.07, 6.45) is 0.992. The molecule has 0 aliphatic carbocycles. The SMILES string of the molecule is C[C@@H]1C[C@@H](C)N(Cc2ccccc2)CC1=O. The molecule has 0 spiro atoms. The lowest BCUT2D eigenvalue weighted by atomic mass is 9.92. The van der Waals surface area contributed by atoms with Crippen LogP contribution in [0.2, 0.25) is 0 Å². The van der Waals surface area contributed by atoms with E-state index in [1.807, 2.05) is 25.1 Å². The Morgan fingerprint density at radius 1 is 1.25 bits per heavy atom.